The fraction of sp³-hybridized carbons (Fsp3) is 0.636. The number of nitrogens with one attached hydrogen (secondary N) is 1. The molecule has 1 aromatic heterocycles. The molecule has 0 radical (unpaired) electrons. The van der Waals surface area contributed by atoms with Crippen LogP contribution in [0.25, 0.3) is 0 Å². The average molecular weight is 351 g/mol. The fourth-order valence-electron chi connectivity index (χ4n) is 1.24. The van der Waals surface area contributed by atoms with Crippen LogP contribution in [-0.4, -0.2) is 22.3 Å². The lowest BCUT2D eigenvalue weighted by molar-refractivity contribution is 0.933. The Morgan fingerprint density at radius 3 is 2.69 bits per heavy atom. The van der Waals surface area contributed by atoms with Crippen molar-refractivity contribution in [3.05, 3.63) is 15.1 Å². The minimum absolute atomic E-state index is 0.898. The van der Waals surface area contributed by atoms with Crippen molar-refractivity contribution in [3.63, 3.8) is 0 Å². The van der Waals surface area contributed by atoms with Gasteiger partial charge in [0.15, 0.2) is 0 Å². The lowest BCUT2D eigenvalue weighted by atomic mass is 10.4. The summed E-state index contributed by atoms with van der Waals surface area (Å²) in [5.74, 6) is 3.92. The molecule has 1 heterocycles. The summed E-state index contributed by atoms with van der Waals surface area (Å²) in [5.41, 5.74) is 1.07. The fourth-order valence-corrected chi connectivity index (χ4v) is 2.18. The Kier molecular flexibility index (Phi) is 6.41. The van der Waals surface area contributed by atoms with Crippen molar-refractivity contribution in [1.82, 2.24) is 9.97 Å². The molecule has 0 fully saturated rings. The number of rotatable bonds is 6. The van der Waals surface area contributed by atoms with E-state index in [9.17, 15) is 0 Å². The van der Waals surface area contributed by atoms with E-state index in [2.05, 4.69) is 51.7 Å². The van der Waals surface area contributed by atoms with E-state index in [1.165, 1.54) is 0 Å². The molecule has 1 aromatic rings. The second-order valence-electron chi connectivity index (χ2n) is 3.45. The van der Waals surface area contributed by atoms with Crippen LogP contribution in [0, 0.1) is 10.5 Å². The van der Waals surface area contributed by atoms with Gasteiger partial charge in [0.1, 0.15) is 11.6 Å². The van der Waals surface area contributed by atoms with Crippen LogP contribution in [0.3, 0.4) is 0 Å². The number of hydrogen-bond acceptors (Lipinski definition) is 4. The van der Waals surface area contributed by atoms with Gasteiger partial charge < -0.3 is 5.32 Å². The van der Waals surface area contributed by atoms with E-state index in [1.807, 2.05) is 18.7 Å². The lowest BCUT2D eigenvalue weighted by Crippen LogP contribution is -2.08. The van der Waals surface area contributed by atoms with Crippen LogP contribution in [-0.2, 0) is 5.75 Å². The Balaban J connectivity index is 2.83. The molecule has 0 saturated heterocycles. The quantitative estimate of drug-likeness (QED) is 0.797. The SMILES string of the molecule is CCCNc1nc(CSCC)nc(C)c1I. The number of thioether (sulfide) groups is 1. The van der Waals surface area contributed by atoms with Crippen molar-refractivity contribution in [2.75, 3.05) is 17.6 Å². The third-order valence-corrected chi connectivity index (χ3v) is 4.20. The monoisotopic (exact) mass is 351 g/mol. The average Bonchev–Trinajstić information content (AvgIpc) is 2.28. The van der Waals surface area contributed by atoms with Gasteiger partial charge in [-0.05, 0) is 41.7 Å². The highest BCUT2D eigenvalue weighted by molar-refractivity contribution is 14.1. The van der Waals surface area contributed by atoms with Gasteiger partial charge >= 0.3 is 0 Å². The predicted molar refractivity (Wildman–Crippen MR) is 80.1 cm³/mol. The van der Waals surface area contributed by atoms with Gasteiger partial charge in [0.05, 0.1) is 15.0 Å². The smallest absolute Gasteiger partial charge is 0.143 e. The van der Waals surface area contributed by atoms with Crippen LogP contribution in [0.4, 0.5) is 5.82 Å². The number of hydrogen-bond donors (Lipinski definition) is 1. The molecule has 90 valence electrons. The number of aryl methyl sites for hydroxylation is 1. The van der Waals surface area contributed by atoms with Crippen molar-refractivity contribution < 1.29 is 0 Å². The highest BCUT2D eigenvalue weighted by Crippen LogP contribution is 2.20. The summed E-state index contributed by atoms with van der Waals surface area (Å²) in [4.78, 5) is 9.06. The molecule has 0 aromatic carbocycles. The Bertz CT molecular complexity index is 344. The largest absolute Gasteiger partial charge is 0.369 e. The van der Waals surface area contributed by atoms with Crippen molar-refractivity contribution in [2.24, 2.45) is 0 Å². The number of nitrogens with zero attached hydrogens (tertiary/aromatic N) is 2. The Labute approximate surface area is 115 Å². The standard InChI is InChI=1S/C11H18IN3S/c1-4-6-13-11-10(12)8(3)14-9(15-11)7-16-5-2/h4-7H2,1-3H3,(H,13,14,15). The first-order chi connectivity index (χ1) is 7.69. The zero-order valence-corrected chi connectivity index (χ0v) is 13.0. The van der Waals surface area contributed by atoms with E-state index >= 15 is 0 Å². The second kappa shape index (κ2) is 7.32. The van der Waals surface area contributed by atoms with E-state index < -0.39 is 0 Å². The van der Waals surface area contributed by atoms with E-state index in [0.717, 1.165) is 45.4 Å². The summed E-state index contributed by atoms with van der Waals surface area (Å²) in [5, 5.41) is 3.35. The Hall–Kier alpha value is -0.0400. The first-order valence-corrected chi connectivity index (χ1v) is 7.77. The van der Waals surface area contributed by atoms with Crippen molar-refractivity contribution >= 4 is 40.2 Å². The first kappa shape index (κ1) is 14.0. The van der Waals surface area contributed by atoms with E-state index in [0.29, 0.717) is 0 Å². The molecule has 0 saturated carbocycles. The van der Waals surface area contributed by atoms with E-state index in [4.69, 9.17) is 0 Å². The van der Waals surface area contributed by atoms with E-state index in [-0.39, 0.29) is 0 Å². The molecule has 0 spiro atoms. The molecular formula is C11H18IN3S. The van der Waals surface area contributed by atoms with Gasteiger partial charge in [0.2, 0.25) is 0 Å². The van der Waals surface area contributed by atoms with Crippen LogP contribution < -0.4 is 5.32 Å². The molecule has 0 unspecified atom stereocenters. The number of aromatic nitrogens is 2. The molecule has 1 rings (SSSR count). The maximum atomic E-state index is 4.56. The summed E-state index contributed by atoms with van der Waals surface area (Å²) in [6.45, 7) is 7.32. The summed E-state index contributed by atoms with van der Waals surface area (Å²) >= 11 is 4.16. The van der Waals surface area contributed by atoms with Gasteiger partial charge in [-0.25, -0.2) is 9.97 Å². The van der Waals surface area contributed by atoms with Gasteiger partial charge in [-0.1, -0.05) is 13.8 Å². The van der Waals surface area contributed by atoms with E-state index in [1.54, 1.807) is 0 Å². The lowest BCUT2D eigenvalue weighted by Gasteiger charge is -2.10. The summed E-state index contributed by atoms with van der Waals surface area (Å²) in [6, 6.07) is 0. The number of halogens is 1. The third-order valence-electron chi connectivity index (χ3n) is 2.04. The molecule has 1 N–H and O–H groups in total. The summed E-state index contributed by atoms with van der Waals surface area (Å²) in [6.07, 6.45) is 1.11. The third kappa shape index (κ3) is 4.08. The zero-order chi connectivity index (χ0) is 12.0. The van der Waals surface area contributed by atoms with Crippen LogP contribution in [0.1, 0.15) is 31.8 Å². The Morgan fingerprint density at radius 1 is 1.31 bits per heavy atom. The molecule has 3 nitrogen and oxygen atoms in total. The van der Waals surface area contributed by atoms with Gasteiger partial charge in [0.25, 0.3) is 0 Å². The molecule has 0 aliphatic rings. The van der Waals surface area contributed by atoms with Gasteiger partial charge in [-0.3, -0.25) is 0 Å². The van der Waals surface area contributed by atoms with Crippen LogP contribution in [0.5, 0.6) is 0 Å². The molecule has 0 amide bonds. The van der Waals surface area contributed by atoms with Gasteiger partial charge in [-0.15, -0.1) is 0 Å². The Morgan fingerprint density at radius 2 is 2.06 bits per heavy atom. The molecule has 0 aliphatic heterocycles. The maximum absolute atomic E-state index is 4.56. The van der Waals surface area contributed by atoms with Crippen molar-refractivity contribution in [1.29, 1.82) is 0 Å². The maximum Gasteiger partial charge on any atom is 0.143 e. The van der Waals surface area contributed by atoms with Crippen LogP contribution in [0.2, 0.25) is 0 Å². The van der Waals surface area contributed by atoms with Crippen molar-refractivity contribution in [3.8, 4) is 0 Å². The van der Waals surface area contributed by atoms with Crippen LogP contribution >= 0.6 is 34.4 Å². The summed E-state index contributed by atoms with van der Waals surface area (Å²) < 4.78 is 1.14. The second-order valence-corrected chi connectivity index (χ2v) is 5.80. The molecule has 0 atom stereocenters. The molecule has 5 heteroatoms. The number of anilines is 1. The van der Waals surface area contributed by atoms with Gasteiger partial charge in [0, 0.05) is 6.54 Å². The highest BCUT2D eigenvalue weighted by atomic mass is 127. The van der Waals surface area contributed by atoms with Gasteiger partial charge in [-0.2, -0.15) is 11.8 Å². The molecular weight excluding hydrogens is 333 g/mol. The zero-order valence-electron chi connectivity index (χ0n) is 10.0. The molecule has 0 aliphatic carbocycles. The first-order valence-electron chi connectivity index (χ1n) is 5.53. The highest BCUT2D eigenvalue weighted by Gasteiger charge is 2.08. The normalized spacial score (nSPS) is 10.5. The topological polar surface area (TPSA) is 37.8 Å². The summed E-state index contributed by atoms with van der Waals surface area (Å²) in [7, 11) is 0. The minimum atomic E-state index is 0.898. The molecule has 0 bridgehead atoms. The minimum Gasteiger partial charge on any atom is -0.369 e. The molecule has 16 heavy (non-hydrogen) atoms. The van der Waals surface area contributed by atoms with Crippen molar-refractivity contribution in [2.45, 2.75) is 32.9 Å². The predicted octanol–water partition coefficient (Wildman–Crippen LogP) is 3.46. The van der Waals surface area contributed by atoms with Crippen LogP contribution in [0.15, 0.2) is 0 Å².